The molecular formula is C21H23N3O4S2. The van der Waals surface area contributed by atoms with Crippen LogP contribution in [0.1, 0.15) is 40.6 Å². The number of nitrogens with zero attached hydrogens (tertiary/aromatic N) is 1. The number of ether oxygens (including phenoxy) is 2. The fraction of sp³-hybridized carbons (Fsp3) is 0.381. The second-order valence-corrected chi connectivity index (χ2v) is 8.97. The lowest BCUT2D eigenvalue weighted by atomic mass is 9.95. The smallest absolute Gasteiger partial charge is 0.341 e. The maximum absolute atomic E-state index is 12.6. The lowest BCUT2D eigenvalue weighted by Crippen LogP contribution is -2.17. The van der Waals surface area contributed by atoms with Gasteiger partial charge in [0.1, 0.15) is 10.8 Å². The molecule has 0 atom stereocenters. The topological polar surface area (TPSA) is 93.3 Å². The molecule has 3 aromatic rings. The van der Waals surface area contributed by atoms with Gasteiger partial charge >= 0.3 is 5.97 Å². The lowest BCUT2D eigenvalue weighted by Gasteiger charge is -2.12. The normalized spacial score (nSPS) is 13.1. The summed E-state index contributed by atoms with van der Waals surface area (Å²) in [5, 5.41) is 4.18. The number of rotatable bonds is 7. The average molecular weight is 446 g/mol. The molecule has 1 aromatic carbocycles. The first-order valence-corrected chi connectivity index (χ1v) is 11.7. The van der Waals surface area contributed by atoms with Gasteiger partial charge in [-0.2, -0.15) is 0 Å². The maximum Gasteiger partial charge on any atom is 0.341 e. The summed E-state index contributed by atoms with van der Waals surface area (Å²) in [7, 11) is 1.62. The van der Waals surface area contributed by atoms with Gasteiger partial charge in [0.05, 0.1) is 36.1 Å². The quantitative estimate of drug-likeness (QED) is 0.413. The minimum absolute atomic E-state index is 0.179. The predicted molar refractivity (Wildman–Crippen MR) is 119 cm³/mol. The van der Waals surface area contributed by atoms with Gasteiger partial charge in [-0.05, 0) is 50.3 Å². The number of anilines is 1. The van der Waals surface area contributed by atoms with Gasteiger partial charge in [0.25, 0.3) is 0 Å². The Morgan fingerprint density at radius 1 is 1.30 bits per heavy atom. The number of thiophene rings is 1. The SMILES string of the molecule is CCOC(=O)c1c(NC(=O)CSc2nc3ccc(OC)cc3[nH]2)sc2c1CCCC2. The van der Waals surface area contributed by atoms with Crippen LogP contribution < -0.4 is 10.1 Å². The summed E-state index contributed by atoms with van der Waals surface area (Å²) in [5.41, 5.74) is 3.24. The fourth-order valence-corrected chi connectivity index (χ4v) is 5.51. The van der Waals surface area contributed by atoms with Crippen molar-refractivity contribution in [3.8, 4) is 5.75 Å². The first-order valence-electron chi connectivity index (χ1n) is 9.87. The Bertz CT molecular complexity index is 1090. The number of fused-ring (bicyclic) bond motifs is 2. The second kappa shape index (κ2) is 9.09. The molecule has 9 heteroatoms. The molecule has 1 aliphatic rings. The fourth-order valence-electron chi connectivity index (χ4n) is 3.53. The number of imidazole rings is 1. The largest absolute Gasteiger partial charge is 0.497 e. The minimum atomic E-state index is -0.355. The molecule has 0 bridgehead atoms. The molecule has 0 aliphatic heterocycles. The van der Waals surface area contributed by atoms with E-state index in [4.69, 9.17) is 9.47 Å². The number of H-pyrrole nitrogens is 1. The maximum atomic E-state index is 12.6. The third-order valence-electron chi connectivity index (χ3n) is 4.91. The number of aromatic amines is 1. The highest BCUT2D eigenvalue weighted by molar-refractivity contribution is 7.99. The van der Waals surface area contributed by atoms with Crippen LogP contribution in [0.25, 0.3) is 11.0 Å². The highest BCUT2D eigenvalue weighted by atomic mass is 32.2. The number of amides is 1. The van der Waals surface area contributed by atoms with Crippen LogP contribution in [0.5, 0.6) is 5.75 Å². The average Bonchev–Trinajstić information content (AvgIpc) is 3.32. The van der Waals surface area contributed by atoms with Crippen molar-refractivity contribution in [1.82, 2.24) is 9.97 Å². The summed E-state index contributed by atoms with van der Waals surface area (Å²) >= 11 is 2.81. The van der Waals surface area contributed by atoms with Gasteiger partial charge in [-0.25, -0.2) is 9.78 Å². The van der Waals surface area contributed by atoms with Crippen LogP contribution >= 0.6 is 23.1 Å². The summed E-state index contributed by atoms with van der Waals surface area (Å²) in [6.45, 7) is 2.10. The number of thioether (sulfide) groups is 1. The third-order valence-corrected chi connectivity index (χ3v) is 6.99. The summed E-state index contributed by atoms with van der Waals surface area (Å²) in [6.07, 6.45) is 3.96. The molecule has 0 unspecified atom stereocenters. The van der Waals surface area contributed by atoms with E-state index >= 15 is 0 Å². The summed E-state index contributed by atoms with van der Waals surface area (Å²) < 4.78 is 10.5. The summed E-state index contributed by atoms with van der Waals surface area (Å²) in [4.78, 5) is 34.0. The Morgan fingerprint density at radius 2 is 2.13 bits per heavy atom. The number of methoxy groups -OCH3 is 1. The first kappa shape index (κ1) is 20.7. The molecular weight excluding hydrogens is 422 g/mol. The minimum Gasteiger partial charge on any atom is -0.497 e. The molecule has 30 heavy (non-hydrogen) atoms. The van der Waals surface area contributed by atoms with Gasteiger partial charge in [-0.3, -0.25) is 4.79 Å². The molecule has 4 rings (SSSR count). The number of hydrogen-bond donors (Lipinski definition) is 2. The summed E-state index contributed by atoms with van der Waals surface area (Å²) in [5.74, 6) is 0.392. The van der Waals surface area contributed by atoms with E-state index in [2.05, 4.69) is 15.3 Å². The van der Waals surface area contributed by atoms with Crippen molar-refractivity contribution in [2.75, 3.05) is 24.8 Å². The number of nitrogens with one attached hydrogen (secondary N) is 2. The van der Waals surface area contributed by atoms with Crippen LogP contribution in [0.4, 0.5) is 5.00 Å². The molecule has 0 fully saturated rings. The van der Waals surface area contributed by atoms with Gasteiger partial charge in [-0.1, -0.05) is 11.8 Å². The highest BCUT2D eigenvalue weighted by Crippen LogP contribution is 2.38. The molecule has 1 amide bonds. The zero-order chi connectivity index (χ0) is 21.1. The van der Waals surface area contributed by atoms with Crippen LogP contribution in [-0.4, -0.2) is 41.3 Å². The Balaban J connectivity index is 1.46. The van der Waals surface area contributed by atoms with Gasteiger partial charge in [0, 0.05) is 10.9 Å². The van der Waals surface area contributed by atoms with Crippen molar-refractivity contribution >= 4 is 51.0 Å². The molecule has 7 nitrogen and oxygen atoms in total. The molecule has 2 heterocycles. The van der Waals surface area contributed by atoms with Gasteiger partial charge in [0.15, 0.2) is 5.16 Å². The number of esters is 1. The van der Waals surface area contributed by atoms with Crippen LogP contribution in [-0.2, 0) is 22.4 Å². The van der Waals surface area contributed by atoms with E-state index in [-0.39, 0.29) is 17.6 Å². The number of aromatic nitrogens is 2. The van der Waals surface area contributed by atoms with Crippen LogP contribution in [0.3, 0.4) is 0 Å². The van der Waals surface area contributed by atoms with Crippen molar-refractivity contribution in [2.45, 2.75) is 37.8 Å². The molecule has 2 aromatic heterocycles. The van der Waals surface area contributed by atoms with E-state index in [0.29, 0.717) is 22.3 Å². The Hall–Kier alpha value is -2.52. The Labute approximate surface area is 182 Å². The van der Waals surface area contributed by atoms with Crippen molar-refractivity contribution in [3.05, 3.63) is 34.2 Å². The first-order chi connectivity index (χ1) is 14.6. The van der Waals surface area contributed by atoms with E-state index in [0.717, 1.165) is 48.0 Å². The van der Waals surface area contributed by atoms with Gasteiger partial charge in [0.2, 0.25) is 5.91 Å². The molecule has 0 radical (unpaired) electrons. The molecule has 1 aliphatic carbocycles. The molecule has 2 N–H and O–H groups in total. The van der Waals surface area contributed by atoms with E-state index < -0.39 is 0 Å². The van der Waals surface area contributed by atoms with Crippen molar-refractivity contribution in [3.63, 3.8) is 0 Å². The van der Waals surface area contributed by atoms with Crippen molar-refractivity contribution < 1.29 is 19.1 Å². The zero-order valence-electron chi connectivity index (χ0n) is 16.9. The van der Waals surface area contributed by atoms with Gasteiger partial charge < -0.3 is 19.8 Å². The van der Waals surface area contributed by atoms with E-state index in [1.54, 1.807) is 14.0 Å². The van der Waals surface area contributed by atoms with E-state index in [9.17, 15) is 9.59 Å². The van der Waals surface area contributed by atoms with Crippen molar-refractivity contribution in [1.29, 1.82) is 0 Å². The third kappa shape index (κ3) is 4.32. The molecule has 158 valence electrons. The number of carbonyl (C=O) groups is 2. The lowest BCUT2D eigenvalue weighted by molar-refractivity contribution is -0.113. The van der Waals surface area contributed by atoms with Gasteiger partial charge in [-0.15, -0.1) is 11.3 Å². The predicted octanol–water partition coefficient (Wildman–Crippen LogP) is 4.42. The van der Waals surface area contributed by atoms with E-state index in [1.807, 2.05) is 18.2 Å². The van der Waals surface area contributed by atoms with Crippen LogP contribution in [0, 0.1) is 0 Å². The number of hydrogen-bond acceptors (Lipinski definition) is 7. The van der Waals surface area contributed by atoms with Crippen LogP contribution in [0.2, 0.25) is 0 Å². The van der Waals surface area contributed by atoms with Crippen molar-refractivity contribution in [2.24, 2.45) is 0 Å². The number of carbonyl (C=O) groups excluding carboxylic acids is 2. The summed E-state index contributed by atoms with van der Waals surface area (Å²) in [6, 6.07) is 5.59. The number of benzene rings is 1. The number of aryl methyl sites for hydroxylation is 1. The Kier molecular flexibility index (Phi) is 6.29. The standard InChI is InChI=1S/C21H23N3O4S2/c1-3-28-20(26)18-13-6-4-5-7-16(13)30-19(18)24-17(25)11-29-21-22-14-9-8-12(27-2)10-15(14)23-21/h8-10H,3-7,11H2,1-2H3,(H,22,23)(H,24,25). The second-order valence-electron chi connectivity index (χ2n) is 6.90. The molecule has 0 saturated carbocycles. The molecule has 0 spiro atoms. The Morgan fingerprint density at radius 3 is 2.93 bits per heavy atom. The van der Waals surface area contributed by atoms with Crippen LogP contribution in [0.15, 0.2) is 23.4 Å². The zero-order valence-corrected chi connectivity index (χ0v) is 18.5. The highest BCUT2D eigenvalue weighted by Gasteiger charge is 2.27. The van der Waals surface area contributed by atoms with E-state index in [1.165, 1.54) is 28.0 Å². The molecule has 0 saturated heterocycles. The monoisotopic (exact) mass is 445 g/mol.